The number of hydrogen-bond acceptors (Lipinski definition) is 5. The monoisotopic (exact) mass is 317 g/mol. The van der Waals surface area contributed by atoms with E-state index < -0.39 is 12.0 Å². The van der Waals surface area contributed by atoms with Gasteiger partial charge < -0.3 is 20.3 Å². The molecule has 0 aromatic heterocycles. The molecule has 2 rings (SSSR count). The minimum Gasteiger partial charge on any atom is -0.489 e. The Hall–Kier alpha value is -1.11. The van der Waals surface area contributed by atoms with Gasteiger partial charge in [-0.2, -0.15) is 11.8 Å². The van der Waals surface area contributed by atoms with Gasteiger partial charge in [0.1, 0.15) is 6.04 Å². The maximum Gasteiger partial charge on any atom is 0.321 e. The molecule has 1 aliphatic heterocycles. The fourth-order valence-corrected chi connectivity index (χ4v) is 2.95. The largest absolute Gasteiger partial charge is 0.489 e. The van der Waals surface area contributed by atoms with Crippen LogP contribution in [-0.4, -0.2) is 36.1 Å². The number of thioether (sulfide) groups is 1. The first-order chi connectivity index (χ1) is 9.58. The van der Waals surface area contributed by atoms with E-state index >= 15 is 0 Å². The highest BCUT2D eigenvalue weighted by molar-refractivity contribution is 7.98. The Morgan fingerprint density at radius 2 is 2.20 bits per heavy atom. The molecule has 20 heavy (non-hydrogen) atoms. The first-order valence-corrected chi connectivity index (χ1v) is 7.75. The Morgan fingerprint density at radius 1 is 1.45 bits per heavy atom. The van der Waals surface area contributed by atoms with Gasteiger partial charge in [-0.1, -0.05) is 11.6 Å². The molecule has 5 nitrogen and oxygen atoms in total. The van der Waals surface area contributed by atoms with Gasteiger partial charge in [0, 0.05) is 17.9 Å². The number of fused-ring (bicyclic) bond motifs is 1. The van der Waals surface area contributed by atoms with Gasteiger partial charge in [0.05, 0.1) is 18.2 Å². The van der Waals surface area contributed by atoms with Crippen molar-refractivity contribution < 1.29 is 19.4 Å². The van der Waals surface area contributed by atoms with Gasteiger partial charge in [-0.15, -0.1) is 0 Å². The van der Waals surface area contributed by atoms with E-state index in [0.717, 1.165) is 12.0 Å². The summed E-state index contributed by atoms with van der Waals surface area (Å²) in [5, 5.41) is 9.23. The zero-order valence-electron chi connectivity index (χ0n) is 10.8. The van der Waals surface area contributed by atoms with Gasteiger partial charge in [-0.25, -0.2) is 0 Å². The second-order valence-electron chi connectivity index (χ2n) is 4.42. The minimum atomic E-state index is -0.991. The third-order valence-corrected chi connectivity index (χ3v) is 4.16. The highest BCUT2D eigenvalue weighted by atomic mass is 35.5. The summed E-state index contributed by atoms with van der Waals surface area (Å²) >= 11 is 7.63. The Kier molecular flexibility index (Phi) is 5.39. The Morgan fingerprint density at radius 3 is 2.95 bits per heavy atom. The van der Waals surface area contributed by atoms with Crippen molar-refractivity contribution in [1.29, 1.82) is 0 Å². The van der Waals surface area contributed by atoms with E-state index in [1.807, 2.05) is 12.1 Å². The van der Waals surface area contributed by atoms with E-state index in [-0.39, 0.29) is 0 Å². The van der Waals surface area contributed by atoms with Crippen LogP contribution < -0.4 is 15.2 Å². The average molecular weight is 318 g/mol. The Balaban J connectivity index is 2.01. The Bertz CT molecular complexity index is 498. The summed E-state index contributed by atoms with van der Waals surface area (Å²) in [5.41, 5.74) is 6.41. The van der Waals surface area contributed by atoms with E-state index in [0.29, 0.717) is 41.2 Å². The summed E-state index contributed by atoms with van der Waals surface area (Å²) in [5.74, 6) is 1.21. The molecule has 0 saturated heterocycles. The third-order valence-electron chi connectivity index (χ3n) is 2.75. The van der Waals surface area contributed by atoms with Crippen molar-refractivity contribution in [2.45, 2.75) is 18.2 Å². The number of halogens is 1. The lowest BCUT2D eigenvalue weighted by Gasteiger charge is -2.12. The van der Waals surface area contributed by atoms with Crippen LogP contribution in [0.1, 0.15) is 12.0 Å². The van der Waals surface area contributed by atoms with Crippen LogP contribution in [0.4, 0.5) is 0 Å². The van der Waals surface area contributed by atoms with Gasteiger partial charge in [-0.3, -0.25) is 4.79 Å². The van der Waals surface area contributed by atoms with Gasteiger partial charge in [0.15, 0.2) is 11.5 Å². The molecule has 7 heteroatoms. The average Bonchev–Trinajstić information content (AvgIpc) is 2.64. The normalized spacial score (nSPS) is 15.5. The summed E-state index contributed by atoms with van der Waals surface area (Å²) in [7, 11) is 0. The lowest BCUT2D eigenvalue weighted by Crippen LogP contribution is -2.32. The SMILES string of the molecule is N[C@@H](CSCc1cc(Cl)c2c(c1)OCCCO2)C(=O)O. The molecule has 0 aliphatic carbocycles. The molecule has 0 spiro atoms. The van der Waals surface area contributed by atoms with Crippen LogP contribution >= 0.6 is 23.4 Å². The van der Waals surface area contributed by atoms with Crippen LogP contribution in [0.2, 0.25) is 5.02 Å². The number of carboxylic acid groups (broad SMARTS) is 1. The number of carboxylic acids is 1. The second-order valence-corrected chi connectivity index (χ2v) is 5.85. The topological polar surface area (TPSA) is 81.8 Å². The summed E-state index contributed by atoms with van der Waals surface area (Å²) in [6.07, 6.45) is 0.822. The predicted molar refractivity (Wildman–Crippen MR) is 78.8 cm³/mol. The van der Waals surface area contributed by atoms with E-state index in [1.54, 1.807) is 0 Å². The number of ether oxygens (including phenoxy) is 2. The van der Waals surface area contributed by atoms with Crippen LogP contribution in [0.15, 0.2) is 12.1 Å². The molecule has 0 fully saturated rings. The molecule has 3 N–H and O–H groups in total. The maximum atomic E-state index is 10.6. The molecule has 0 amide bonds. The molecule has 0 saturated carbocycles. The van der Waals surface area contributed by atoms with E-state index in [1.165, 1.54) is 11.8 Å². The van der Waals surface area contributed by atoms with E-state index in [2.05, 4.69) is 0 Å². The number of nitrogens with two attached hydrogens (primary N) is 1. The lowest BCUT2D eigenvalue weighted by atomic mass is 10.2. The van der Waals surface area contributed by atoms with Crippen molar-refractivity contribution in [3.63, 3.8) is 0 Å². The highest BCUT2D eigenvalue weighted by Crippen LogP contribution is 2.38. The molecule has 0 unspecified atom stereocenters. The Labute approximate surface area is 126 Å². The summed E-state index contributed by atoms with van der Waals surface area (Å²) in [6, 6.07) is 2.84. The van der Waals surface area contributed by atoms with Crippen molar-refractivity contribution in [2.24, 2.45) is 5.73 Å². The first kappa shape index (κ1) is 15.3. The fraction of sp³-hybridized carbons (Fsp3) is 0.462. The van der Waals surface area contributed by atoms with E-state index in [4.69, 9.17) is 31.9 Å². The van der Waals surface area contributed by atoms with Crippen LogP contribution in [0.25, 0.3) is 0 Å². The molecule has 1 atom stereocenters. The quantitative estimate of drug-likeness (QED) is 0.866. The molecule has 0 radical (unpaired) electrons. The lowest BCUT2D eigenvalue weighted by molar-refractivity contribution is -0.137. The number of hydrogen-bond donors (Lipinski definition) is 2. The molecule has 110 valence electrons. The zero-order chi connectivity index (χ0) is 14.5. The van der Waals surface area contributed by atoms with Crippen molar-refractivity contribution in [3.05, 3.63) is 22.7 Å². The molecule has 1 heterocycles. The van der Waals surface area contributed by atoms with E-state index in [9.17, 15) is 4.79 Å². The van der Waals surface area contributed by atoms with Gasteiger partial charge in [-0.05, 0) is 17.7 Å². The molecular weight excluding hydrogens is 302 g/mol. The zero-order valence-corrected chi connectivity index (χ0v) is 12.4. The molecular formula is C13H16ClNO4S. The van der Waals surface area contributed by atoms with Crippen molar-refractivity contribution >= 4 is 29.3 Å². The van der Waals surface area contributed by atoms with Crippen LogP contribution in [0.3, 0.4) is 0 Å². The van der Waals surface area contributed by atoms with Crippen molar-refractivity contribution in [1.82, 2.24) is 0 Å². The van der Waals surface area contributed by atoms with Crippen LogP contribution in [0, 0.1) is 0 Å². The van der Waals surface area contributed by atoms with Crippen molar-refractivity contribution in [3.8, 4) is 11.5 Å². The van der Waals surface area contributed by atoms with Gasteiger partial charge in [0.2, 0.25) is 0 Å². The predicted octanol–water partition coefficient (Wildman–Crippen LogP) is 2.15. The van der Waals surface area contributed by atoms with Crippen LogP contribution in [0.5, 0.6) is 11.5 Å². The summed E-state index contributed by atoms with van der Waals surface area (Å²) in [4.78, 5) is 10.6. The number of aliphatic carboxylic acids is 1. The van der Waals surface area contributed by atoms with Crippen molar-refractivity contribution in [2.75, 3.05) is 19.0 Å². The standard InChI is InChI=1S/C13H16ClNO4S/c14-9-4-8(6-20-7-10(15)13(16)17)5-11-12(9)19-3-1-2-18-11/h4-5,10H,1-3,6-7,15H2,(H,16,17)/t10-/m0/s1. The highest BCUT2D eigenvalue weighted by Gasteiger charge is 2.16. The molecule has 0 bridgehead atoms. The first-order valence-electron chi connectivity index (χ1n) is 6.22. The van der Waals surface area contributed by atoms with Gasteiger partial charge in [0.25, 0.3) is 0 Å². The summed E-state index contributed by atoms with van der Waals surface area (Å²) in [6.45, 7) is 1.19. The summed E-state index contributed by atoms with van der Waals surface area (Å²) < 4.78 is 11.1. The minimum absolute atomic E-state index is 0.349. The smallest absolute Gasteiger partial charge is 0.321 e. The van der Waals surface area contributed by atoms with Crippen LogP contribution in [-0.2, 0) is 10.5 Å². The number of benzene rings is 1. The fourth-order valence-electron chi connectivity index (χ4n) is 1.74. The molecule has 1 aromatic rings. The maximum absolute atomic E-state index is 10.6. The molecule has 1 aliphatic rings. The second kappa shape index (κ2) is 7.06. The van der Waals surface area contributed by atoms with Gasteiger partial charge >= 0.3 is 5.97 Å². The number of rotatable bonds is 5. The molecule has 1 aromatic carbocycles. The number of carbonyl (C=O) groups is 1. The third kappa shape index (κ3) is 3.94.